The van der Waals surface area contributed by atoms with E-state index in [0.717, 1.165) is 4.34 Å². The smallest absolute Gasteiger partial charge is 0.0931 e. The van der Waals surface area contributed by atoms with Crippen molar-refractivity contribution in [2.45, 2.75) is 51.9 Å². The van der Waals surface area contributed by atoms with E-state index < -0.39 is 0 Å². The van der Waals surface area contributed by atoms with Crippen LogP contribution in [0.1, 0.15) is 51.3 Å². The lowest BCUT2D eigenvalue weighted by Crippen LogP contribution is -2.18. The molecule has 1 aromatic rings. The third-order valence-electron chi connectivity index (χ3n) is 3.03. The quantitative estimate of drug-likeness (QED) is 0.647. The minimum Gasteiger partial charge on any atom is -0.128 e. The second-order valence-electron chi connectivity index (χ2n) is 4.12. The summed E-state index contributed by atoms with van der Waals surface area (Å²) in [5.74, 6) is 0. The number of unbranched alkanes of at least 4 members (excludes halogenated alkanes) is 1. The van der Waals surface area contributed by atoms with Gasteiger partial charge in [0.2, 0.25) is 0 Å². The fraction of sp³-hybridized carbons (Fsp3) is 0.667. The van der Waals surface area contributed by atoms with E-state index in [1.807, 2.05) is 6.07 Å². The topological polar surface area (TPSA) is 0 Å². The van der Waals surface area contributed by atoms with E-state index >= 15 is 0 Å². The minimum atomic E-state index is 0.341. The molecule has 0 saturated heterocycles. The van der Waals surface area contributed by atoms with Crippen molar-refractivity contribution < 1.29 is 0 Å². The molecular formula is C12H19ClS. The average molecular weight is 231 g/mol. The van der Waals surface area contributed by atoms with Crippen LogP contribution in [0.3, 0.4) is 0 Å². The summed E-state index contributed by atoms with van der Waals surface area (Å²) in [4.78, 5) is 1.44. The summed E-state index contributed by atoms with van der Waals surface area (Å²) in [5.41, 5.74) is 0.341. The summed E-state index contributed by atoms with van der Waals surface area (Å²) in [6, 6.07) is 4.20. The molecule has 1 atom stereocenters. The third-order valence-corrected chi connectivity index (χ3v) is 4.57. The first-order valence-electron chi connectivity index (χ1n) is 5.38. The zero-order valence-electron chi connectivity index (χ0n) is 9.27. The number of thiophene rings is 1. The molecule has 0 amide bonds. The Balaban J connectivity index is 2.78. The lowest BCUT2D eigenvalue weighted by molar-refractivity contribution is 0.411. The van der Waals surface area contributed by atoms with Crippen molar-refractivity contribution in [1.29, 1.82) is 0 Å². The molecule has 0 aliphatic rings. The molecule has 14 heavy (non-hydrogen) atoms. The Morgan fingerprint density at radius 3 is 2.50 bits per heavy atom. The van der Waals surface area contributed by atoms with Crippen LogP contribution in [0.5, 0.6) is 0 Å². The molecule has 0 nitrogen and oxygen atoms in total. The molecule has 0 aliphatic heterocycles. The van der Waals surface area contributed by atoms with Crippen LogP contribution in [0.4, 0.5) is 0 Å². The molecule has 1 rings (SSSR count). The van der Waals surface area contributed by atoms with E-state index in [1.165, 1.54) is 30.6 Å². The molecule has 2 heteroatoms. The van der Waals surface area contributed by atoms with Gasteiger partial charge in [-0.1, -0.05) is 45.2 Å². The molecule has 1 heterocycles. The van der Waals surface area contributed by atoms with Crippen LogP contribution in [0, 0.1) is 0 Å². The highest BCUT2D eigenvalue weighted by Crippen LogP contribution is 2.38. The second-order valence-corrected chi connectivity index (χ2v) is 5.84. The second kappa shape index (κ2) is 5.18. The van der Waals surface area contributed by atoms with Crippen LogP contribution >= 0.6 is 22.9 Å². The van der Waals surface area contributed by atoms with E-state index in [0.29, 0.717) is 5.41 Å². The van der Waals surface area contributed by atoms with Crippen molar-refractivity contribution in [3.8, 4) is 0 Å². The van der Waals surface area contributed by atoms with Gasteiger partial charge in [-0.3, -0.25) is 0 Å². The van der Waals surface area contributed by atoms with Gasteiger partial charge in [-0.25, -0.2) is 0 Å². The Labute approximate surface area is 96.3 Å². The fourth-order valence-corrected chi connectivity index (χ4v) is 2.97. The van der Waals surface area contributed by atoms with E-state index in [2.05, 4.69) is 26.8 Å². The van der Waals surface area contributed by atoms with Crippen LogP contribution in [0.2, 0.25) is 4.34 Å². The number of halogens is 1. The third kappa shape index (κ3) is 2.74. The monoisotopic (exact) mass is 230 g/mol. The molecule has 0 fully saturated rings. The number of hydrogen-bond donors (Lipinski definition) is 0. The molecule has 0 bridgehead atoms. The maximum atomic E-state index is 5.98. The fourth-order valence-electron chi connectivity index (χ4n) is 1.68. The lowest BCUT2D eigenvalue weighted by atomic mass is 9.81. The highest BCUT2D eigenvalue weighted by Gasteiger charge is 2.25. The van der Waals surface area contributed by atoms with Gasteiger partial charge in [-0.15, -0.1) is 11.3 Å². The summed E-state index contributed by atoms with van der Waals surface area (Å²) in [7, 11) is 0. The first-order valence-corrected chi connectivity index (χ1v) is 6.57. The average Bonchev–Trinajstić information content (AvgIpc) is 2.62. The summed E-state index contributed by atoms with van der Waals surface area (Å²) in [5, 5.41) is 0. The highest BCUT2D eigenvalue weighted by molar-refractivity contribution is 7.16. The summed E-state index contributed by atoms with van der Waals surface area (Å²) in [6.45, 7) is 6.87. The van der Waals surface area contributed by atoms with Crippen molar-refractivity contribution >= 4 is 22.9 Å². The summed E-state index contributed by atoms with van der Waals surface area (Å²) < 4.78 is 0.913. The van der Waals surface area contributed by atoms with Crippen LogP contribution in [0.25, 0.3) is 0 Å². The van der Waals surface area contributed by atoms with Gasteiger partial charge in [0.1, 0.15) is 0 Å². The zero-order chi connectivity index (χ0) is 10.6. The predicted octanol–water partition coefficient (Wildman–Crippen LogP) is 5.26. The largest absolute Gasteiger partial charge is 0.128 e. The van der Waals surface area contributed by atoms with E-state index in [-0.39, 0.29) is 0 Å². The van der Waals surface area contributed by atoms with Gasteiger partial charge in [-0.2, -0.15) is 0 Å². The van der Waals surface area contributed by atoms with Crippen molar-refractivity contribution in [2.24, 2.45) is 0 Å². The van der Waals surface area contributed by atoms with Crippen molar-refractivity contribution in [1.82, 2.24) is 0 Å². The Kier molecular flexibility index (Phi) is 4.46. The zero-order valence-corrected chi connectivity index (χ0v) is 10.8. The van der Waals surface area contributed by atoms with Gasteiger partial charge < -0.3 is 0 Å². The molecule has 0 saturated carbocycles. The SMILES string of the molecule is CCCCC(C)(CC)c1ccc(Cl)s1. The molecule has 1 unspecified atom stereocenters. The van der Waals surface area contributed by atoms with Gasteiger partial charge in [0, 0.05) is 10.3 Å². The Morgan fingerprint density at radius 2 is 2.07 bits per heavy atom. The van der Waals surface area contributed by atoms with Crippen molar-refractivity contribution in [3.05, 3.63) is 21.3 Å². The maximum Gasteiger partial charge on any atom is 0.0931 e. The molecule has 0 aliphatic carbocycles. The van der Waals surface area contributed by atoms with Crippen LogP contribution < -0.4 is 0 Å². The van der Waals surface area contributed by atoms with Gasteiger partial charge in [-0.05, 0) is 25.0 Å². The molecule has 0 spiro atoms. The lowest BCUT2D eigenvalue weighted by Gasteiger charge is -2.26. The van der Waals surface area contributed by atoms with Crippen LogP contribution in [0.15, 0.2) is 12.1 Å². The Bertz CT molecular complexity index is 280. The number of hydrogen-bond acceptors (Lipinski definition) is 1. The first kappa shape index (κ1) is 12.1. The van der Waals surface area contributed by atoms with Gasteiger partial charge >= 0.3 is 0 Å². The van der Waals surface area contributed by atoms with Crippen LogP contribution in [-0.4, -0.2) is 0 Å². The minimum absolute atomic E-state index is 0.341. The normalized spacial score (nSPS) is 15.4. The Hall–Kier alpha value is -0.0100. The molecule has 0 N–H and O–H groups in total. The first-order chi connectivity index (χ1) is 6.62. The van der Waals surface area contributed by atoms with Crippen molar-refractivity contribution in [3.63, 3.8) is 0 Å². The summed E-state index contributed by atoms with van der Waals surface area (Å²) >= 11 is 7.71. The highest BCUT2D eigenvalue weighted by atomic mass is 35.5. The molecular weight excluding hydrogens is 212 g/mol. The number of rotatable bonds is 5. The summed E-state index contributed by atoms with van der Waals surface area (Å²) in [6.07, 6.45) is 5.05. The Morgan fingerprint density at radius 1 is 1.36 bits per heavy atom. The van der Waals surface area contributed by atoms with Gasteiger partial charge in [0.25, 0.3) is 0 Å². The predicted molar refractivity (Wildman–Crippen MR) is 66.5 cm³/mol. The van der Waals surface area contributed by atoms with Gasteiger partial charge in [0.05, 0.1) is 4.34 Å². The standard InChI is InChI=1S/C12H19ClS/c1-4-6-9-12(3,5-2)10-7-8-11(13)14-10/h7-8H,4-6,9H2,1-3H3. The van der Waals surface area contributed by atoms with Gasteiger partial charge in [0.15, 0.2) is 0 Å². The maximum absolute atomic E-state index is 5.98. The van der Waals surface area contributed by atoms with Crippen LogP contribution in [-0.2, 0) is 5.41 Å². The van der Waals surface area contributed by atoms with E-state index in [4.69, 9.17) is 11.6 Å². The molecule has 1 aromatic heterocycles. The van der Waals surface area contributed by atoms with Crippen molar-refractivity contribution in [2.75, 3.05) is 0 Å². The van der Waals surface area contributed by atoms with E-state index in [1.54, 1.807) is 11.3 Å². The van der Waals surface area contributed by atoms with E-state index in [9.17, 15) is 0 Å². The molecule has 80 valence electrons. The molecule has 0 aromatic carbocycles. The molecule has 0 radical (unpaired) electrons.